The van der Waals surface area contributed by atoms with E-state index in [2.05, 4.69) is 10.5 Å². The van der Waals surface area contributed by atoms with Gasteiger partial charge in [-0.2, -0.15) is 0 Å². The molecule has 1 aliphatic carbocycles. The van der Waals surface area contributed by atoms with Crippen LogP contribution in [-0.2, 0) is 9.68 Å². The Kier molecular flexibility index (Phi) is 5.71. The third-order valence-electron chi connectivity index (χ3n) is 6.01. The molecule has 2 aliphatic heterocycles. The van der Waals surface area contributed by atoms with E-state index in [1.54, 1.807) is 12.2 Å². The fraction of sp³-hybridized carbons (Fsp3) is 0.619. The predicted molar refractivity (Wildman–Crippen MR) is 105 cm³/mol. The van der Waals surface area contributed by atoms with Crippen LogP contribution < -0.4 is 10.1 Å². The fourth-order valence-electron chi connectivity index (χ4n) is 4.29. The zero-order valence-electron chi connectivity index (χ0n) is 16.5. The minimum absolute atomic E-state index is 0.259. The average molecular weight is 387 g/mol. The van der Waals surface area contributed by atoms with Crippen molar-refractivity contribution >= 4 is 11.8 Å². The van der Waals surface area contributed by atoms with E-state index in [0.717, 1.165) is 49.1 Å². The molecule has 3 aliphatic rings. The Hall–Kier alpha value is -2.28. The highest BCUT2D eigenvalue weighted by Crippen LogP contribution is 2.36. The van der Waals surface area contributed by atoms with Gasteiger partial charge in [0.1, 0.15) is 11.4 Å². The molecule has 1 aromatic rings. The van der Waals surface area contributed by atoms with Gasteiger partial charge in [0.05, 0.1) is 12.8 Å². The van der Waals surface area contributed by atoms with Crippen LogP contribution in [0, 0.1) is 0 Å². The molecule has 2 heterocycles. The first-order valence-electron chi connectivity index (χ1n) is 10.3. The molecule has 4 rings (SSSR count). The van der Waals surface area contributed by atoms with E-state index >= 15 is 0 Å². The molecule has 0 unspecified atom stereocenters. The number of rotatable bonds is 4. The van der Waals surface area contributed by atoms with E-state index in [-0.39, 0.29) is 17.7 Å². The summed E-state index contributed by atoms with van der Waals surface area (Å²) >= 11 is 0. The lowest BCUT2D eigenvalue weighted by Gasteiger charge is -2.36. The van der Waals surface area contributed by atoms with Gasteiger partial charge >= 0.3 is 6.09 Å². The highest BCUT2D eigenvalue weighted by Gasteiger charge is 2.43. The first-order valence-corrected chi connectivity index (χ1v) is 10.3. The number of oxime groups is 1. The van der Waals surface area contributed by atoms with E-state index in [0.29, 0.717) is 13.1 Å². The second-order valence-corrected chi connectivity index (χ2v) is 8.01. The molecule has 0 atom stereocenters. The molecule has 1 saturated carbocycles. The number of benzene rings is 1. The lowest BCUT2D eigenvalue weighted by Crippen LogP contribution is -2.47. The molecule has 1 amide bonds. The average Bonchev–Trinajstić information content (AvgIpc) is 3.14. The molecule has 1 aromatic carbocycles. The molecular formula is C21H29N3O4. The second-order valence-electron chi connectivity index (χ2n) is 8.01. The quantitative estimate of drug-likeness (QED) is 0.854. The highest BCUT2D eigenvalue weighted by atomic mass is 16.7. The van der Waals surface area contributed by atoms with Crippen molar-refractivity contribution in [2.24, 2.45) is 5.16 Å². The number of methoxy groups -OCH3 is 1. The summed E-state index contributed by atoms with van der Waals surface area (Å²) in [6.07, 6.45) is 7.73. The molecule has 1 spiro atoms. The minimum Gasteiger partial charge on any atom is -0.497 e. The van der Waals surface area contributed by atoms with E-state index in [1.165, 1.54) is 19.3 Å². The molecule has 7 nitrogen and oxygen atoms in total. The molecule has 28 heavy (non-hydrogen) atoms. The molecule has 0 radical (unpaired) electrons. The third-order valence-corrected chi connectivity index (χ3v) is 6.01. The number of hydrogen-bond acceptors (Lipinski definition) is 6. The number of hydroxylamine groups is 2. The van der Waals surface area contributed by atoms with E-state index < -0.39 is 0 Å². The van der Waals surface area contributed by atoms with E-state index in [9.17, 15) is 4.79 Å². The zero-order valence-corrected chi connectivity index (χ0v) is 16.5. The van der Waals surface area contributed by atoms with Gasteiger partial charge in [-0.25, -0.2) is 4.79 Å². The fourth-order valence-corrected chi connectivity index (χ4v) is 4.29. The van der Waals surface area contributed by atoms with Gasteiger partial charge in [0.25, 0.3) is 0 Å². The molecule has 1 N–H and O–H groups in total. The highest BCUT2D eigenvalue weighted by molar-refractivity contribution is 6.02. The van der Waals surface area contributed by atoms with Crippen molar-refractivity contribution in [3.63, 3.8) is 0 Å². The number of amides is 1. The molecule has 152 valence electrons. The summed E-state index contributed by atoms with van der Waals surface area (Å²) < 4.78 is 5.30. The van der Waals surface area contributed by atoms with Crippen LogP contribution in [0.2, 0.25) is 0 Å². The third kappa shape index (κ3) is 4.41. The maximum Gasteiger partial charge on any atom is 0.426 e. The van der Waals surface area contributed by atoms with Crippen molar-refractivity contribution in [3.05, 3.63) is 29.8 Å². The number of piperidine rings is 1. The van der Waals surface area contributed by atoms with Crippen LogP contribution in [0.25, 0.3) is 0 Å². The Labute approximate surface area is 166 Å². The van der Waals surface area contributed by atoms with Crippen LogP contribution >= 0.6 is 0 Å². The monoisotopic (exact) mass is 387 g/mol. The van der Waals surface area contributed by atoms with Crippen LogP contribution in [0.3, 0.4) is 0 Å². The van der Waals surface area contributed by atoms with Crippen molar-refractivity contribution in [1.82, 2.24) is 10.4 Å². The smallest absolute Gasteiger partial charge is 0.426 e. The Morgan fingerprint density at radius 3 is 2.79 bits per heavy atom. The van der Waals surface area contributed by atoms with Gasteiger partial charge in [0.15, 0.2) is 0 Å². The van der Waals surface area contributed by atoms with Gasteiger partial charge < -0.3 is 19.7 Å². The lowest BCUT2D eigenvalue weighted by molar-refractivity contribution is -0.158. The zero-order chi connectivity index (χ0) is 19.4. The second kappa shape index (κ2) is 8.39. The Balaban J connectivity index is 1.25. The lowest BCUT2D eigenvalue weighted by atomic mass is 9.86. The first-order chi connectivity index (χ1) is 13.7. The van der Waals surface area contributed by atoms with Gasteiger partial charge in [0.2, 0.25) is 0 Å². The summed E-state index contributed by atoms with van der Waals surface area (Å²) in [5.41, 5.74) is 1.68. The maximum atomic E-state index is 12.1. The van der Waals surface area contributed by atoms with Gasteiger partial charge in [-0.05, 0) is 25.0 Å². The van der Waals surface area contributed by atoms with E-state index in [1.807, 2.05) is 24.3 Å². The molecule has 1 saturated heterocycles. The van der Waals surface area contributed by atoms with Crippen LogP contribution in [-0.4, -0.2) is 48.7 Å². The summed E-state index contributed by atoms with van der Waals surface area (Å²) in [6.45, 7) is 1.30. The van der Waals surface area contributed by atoms with Crippen molar-refractivity contribution in [2.75, 3.05) is 20.2 Å². The van der Waals surface area contributed by atoms with Crippen LogP contribution in [0.4, 0.5) is 4.79 Å². The molecule has 7 heteroatoms. The normalized spacial score (nSPS) is 22.4. The van der Waals surface area contributed by atoms with E-state index in [4.69, 9.17) is 14.4 Å². The maximum absolute atomic E-state index is 12.1. The summed E-state index contributed by atoms with van der Waals surface area (Å²) in [7, 11) is 1.66. The number of nitrogens with one attached hydrogen (secondary N) is 1. The Morgan fingerprint density at radius 2 is 2.04 bits per heavy atom. The summed E-state index contributed by atoms with van der Waals surface area (Å²) in [6, 6.07) is 8.15. The number of hydrogen-bond donors (Lipinski definition) is 1. The molecule has 2 fully saturated rings. The van der Waals surface area contributed by atoms with Crippen molar-refractivity contribution < 1.29 is 19.2 Å². The molecular weight excluding hydrogens is 358 g/mol. The van der Waals surface area contributed by atoms with Crippen LogP contribution in [0.5, 0.6) is 5.75 Å². The summed E-state index contributed by atoms with van der Waals surface area (Å²) in [4.78, 5) is 23.5. The summed E-state index contributed by atoms with van der Waals surface area (Å²) in [5.74, 6) is 0.813. The first kappa shape index (κ1) is 19.1. The Bertz CT molecular complexity index is 722. The topological polar surface area (TPSA) is 72.4 Å². The number of nitrogens with zero attached hydrogens (tertiary/aromatic N) is 2. The van der Waals surface area contributed by atoms with Crippen LogP contribution in [0.1, 0.15) is 56.9 Å². The van der Waals surface area contributed by atoms with Crippen molar-refractivity contribution in [3.8, 4) is 5.75 Å². The number of carbonyl (C=O) groups excluding carboxylic acids is 1. The van der Waals surface area contributed by atoms with Gasteiger partial charge in [-0.1, -0.05) is 36.6 Å². The number of carbonyl (C=O) groups is 1. The van der Waals surface area contributed by atoms with Crippen LogP contribution in [0.15, 0.2) is 29.4 Å². The standard InChI is InChI=1S/C21H29N3O4/c1-26-18-9-5-6-16(14-18)19-15-21(28-23-19)10-12-24(13-11-21)27-20(25)22-17-7-3-2-4-8-17/h5-6,9,14,17H,2-4,7-8,10-13,15H2,1H3,(H,22,25). The SMILES string of the molecule is COc1cccc(C2=NOC3(CCN(OC(=O)NC4CCCCC4)CC3)C2)c1. The van der Waals surface area contributed by atoms with Crippen molar-refractivity contribution in [1.29, 1.82) is 0 Å². The minimum atomic E-state index is -0.330. The Morgan fingerprint density at radius 1 is 1.25 bits per heavy atom. The van der Waals surface area contributed by atoms with Gasteiger partial charge in [-0.15, -0.1) is 5.06 Å². The van der Waals surface area contributed by atoms with Gasteiger partial charge in [0, 0.05) is 44.0 Å². The number of ether oxygens (including phenoxy) is 1. The summed E-state index contributed by atoms with van der Waals surface area (Å²) in [5, 5.41) is 9.09. The van der Waals surface area contributed by atoms with Gasteiger partial charge in [-0.3, -0.25) is 0 Å². The molecule has 0 aromatic heterocycles. The predicted octanol–water partition coefficient (Wildman–Crippen LogP) is 3.63. The largest absolute Gasteiger partial charge is 0.497 e. The van der Waals surface area contributed by atoms with Crippen molar-refractivity contribution in [2.45, 2.75) is 63.0 Å². The molecule has 0 bridgehead atoms.